The maximum Gasteiger partial charge on any atom is 0.303 e. The van der Waals surface area contributed by atoms with Gasteiger partial charge in [-0.15, -0.1) is 0 Å². The summed E-state index contributed by atoms with van der Waals surface area (Å²) >= 11 is 0. The Bertz CT molecular complexity index is 787. The van der Waals surface area contributed by atoms with E-state index in [1.54, 1.807) is 12.1 Å². The summed E-state index contributed by atoms with van der Waals surface area (Å²) in [5, 5.41) is 13.6. The molecule has 0 unspecified atom stereocenters. The summed E-state index contributed by atoms with van der Waals surface area (Å²) in [4.78, 5) is 34.1. The standard InChI is InChI=1S/C16H20N4O4/c1-10(24-11(2)21)15(22)18-9-5-8-17-14-12-6-3-4-7-13(12)16(23)20-19-14/h3-4,6-7,10H,5,8-9H2,1-2H3,(H,17,19)(H,18,22)(H,20,23)/t10-/m1/s1. The third-order valence-corrected chi connectivity index (χ3v) is 3.35. The number of aromatic amines is 1. The second kappa shape index (κ2) is 8.09. The van der Waals surface area contributed by atoms with Gasteiger partial charge in [-0.2, -0.15) is 5.10 Å². The fourth-order valence-corrected chi connectivity index (χ4v) is 2.20. The van der Waals surface area contributed by atoms with Crippen molar-refractivity contribution in [3.63, 3.8) is 0 Å². The molecule has 8 nitrogen and oxygen atoms in total. The SMILES string of the molecule is CC(=O)O[C@H](C)C(=O)NCCCNc1n[nH]c(=O)c2ccccc12. The molecule has 2 aromatic rings. The average molecular weight is 332 g/mol. The van der Waals surface area contributed by atoms with Crippen LogP contribution in [0.25, 0.3) is 10.8 Å². The lowest BCUT2D eigenvalue weighted by Crippen LogP contribution is -2.36. The van der Waals surface area contributed by atoms with Gasteiger partial charge in [0.05, 0.1) is 5.39 Å². The van der Waals surface area contributed by atoms with E-state index < -0.39 is 12.1 Å². The minimum atomic E-state index is -0.805. The van der Waals surface area contributed by atoms with Gasteiger partial charge in [0.15, 0.2) is 11.9 Å². The minimum Gasteiger partial charge on any atom is -0.453 e. The largest absolute Gasteiger partial charge is 0.453 e. The molecule has 0 saturated heterocycles. The second-order valence-corrected chi connectivity index (χ2v) is 5.27. The van der Waals surface area contributed by atoms with Gasteiger partial charge in [0, 0.05) is 25.4 Å². The average Bonchev–Trinajstić information content (AvgIpc) is 2.56. The smallest absolute Gasteiger partial charge is 0.303 e. The molecule has 3 N–H and O–H groups in total. The Hall–Kier alpha value is -2.90. The van der Waals surface area contributed by atoms with Crippen molar-refractivity contribution in [2.24, 2.45) is 0 Å². The number of ether oxygens (including phenoxy) is 1. The van der Waals surface area contributed by atoms with E-state index in [0.29, 0.717) is 30.7 Å². The highest BCUT2D eigenvalue weighted by atomic mass is 16.5. The number of carbonyl (C=O) groups excluding carboxylic acids is 2. The second-order valence-electron chi connectivity index (χ2n) is 5.27. The van der Waals surface area contributed by atoms with Crippen molar-refractivity contribution in [2.45, 2.75) is 26.4 Å². The van der Waals surface area contributed by atoms with E-state index in [1.165, 1.54) is 13.8 Å². The van der Waals surface area contributed by atoms with Gasteiger partial charge in [-0.1, -0.05) is 18.2 Å². The molecule has 2 rings (SSSR count). The number of benzene rings is 1. The van der Waals surface area contributed by atoms with Crippen LogP contribution in [0.2, 0.25) is 0 Å². The molecule has 0 spiro atoms. The van der Waals surface area contributed by atoms with Gasteiger partial charge < -0.3 is 15.4 Å². The molecule has 1 atom stereocenters. The Morgan fingerprint density at radius 1 is 1.25 bits per heavy atom. The van der Waals surface area contributed by atoms with E-state index in [1.807, 2.05) is 12.1 Å². The van der Waals surface area contributed by atoms with Gasteiger partial charge in [-0.25, -0.2) is 5.10 Å². The summed E-state index contributed by atoms with van der Waals surface area (Å²) in [7, 11) is 0. The summed E-state index contributed by atoms with van der Waals surface area (Å²) in [6, 6.07) is 7.19. The van der Waals surface area contributed by atoms with E-state index in [9.17, 15) is 14.4 Å². The highest BCUT2D eigenvalue weighted by Crippen LogP contribution is 2.16. The maximum atomic E-state index is 11.7. The first-order valence-corrected chi connectivity index (χ1v) is 7.65. The first-order chi connectivity index (χ1) is 11.5. The Labute approximate surface area is 138 Å². The van der Waals surface area contributed by atoms with Crippen LogP contribution >= 0.6 is 0 Å². The topological polar surface area (TPSA) is 113 Å². The zero-order chi connectivity index (χ0) is 17.5. The number of H-pyrrole nitrogens is 1. The van der Waals surface area contributed by atoms with Crippen LogP contribution in [0.5, 0.6) is 0 Å². The van der Waals surface area contributed by atoms with Gasteiger partial charge in [0.1, 0.15) is 0 Å². The molecule has 0 aliphatic carbocycles. The van der Waals surface area contributed by atoms with Crippen molar-refractivity contribution in [3.8, 4) is 0 Å². The number of hydrogen-bond donors (Lipinski definition) is 3. The number of hydrogen-bond acceptors (Lipinski definition) is 6. The van der Waals surface area contributed by atoms with Crippen molar-refractivity contribution in [3.05, 3.63) is 34.6 Å². The number of esters is 1. The Morgan fingerprint density at radius 2 is 1.96 bits per heavy atom. The van der Waals surface area contributed by atoms with Crippen LogP contribution in [0.15, 0.2) is 29.1 Å². The zero-order valence-electron chi connectivity index (χ0n) is 13.6. The predicted octanol–water partition coefficient (Wildman–Crippen LogP) is 0.793. The number of fused-ring (bicyclic) bond motifs is 1. The molecule has 8 heteroatoms. The lowest BCUT2D eigenvalue weighted by atomic mass is 10.2. The normalized spacial score (nSPS) is 11.8. The van der Waals surface area contributed by atoms with Crippen LogP contribution in [-0.4, -0.2) is 41.3 Å². The minimum absolute atomic E-state index is 0.233. The molecule has 0 bridgehead atoms. The zero-order valence-corrected chi connectivity index (χ0v) is 13.6. The molecule has 0 saturated carbocycles. The number of anilines is 1. The number of rotatable bonds is 7. The van der Waals surface area contributed by atoms with Gasteiger partial charge in [-0.3, -0.25) is 14.4 Å². The summed E-state index contributed by atoms with van der Waals surface area (Å²) < 4.78 is 4.79. The summed E-state index contributed by atoms with van der Waals surface area (Å²) in [5.74, 6) is -0.238. The Morgan fingerprint density at radius 3 is 2.67 bits per heavy atom. The van der Waals surface area contributed by atoms with E-state index in [2.05, 4.69) is 20.8 Å². The predicted molar refractivity (Wildman–Crippen MR) is 89.7 cm³/mol. The molecule has 0 radical (unpaired) electrons. The fourth-order valence-electron chi connectivity index (χ4n) is 2.20. The number of aromatic nitrogens is 2. The van der Waals surface area contributed by atoms with Crippen LogP contribution in [0, 0.1) is 0 Å². The maximum absolute atomic E-state index is 11.7. The van der Waals surface area contributed by atoms with Crippen LogP contribution in [0.3, 0.4) is 0 Å². The Balaban J connectivity index is 1.81. The summed E-state index contributed by atoms with van der Waals surface area (Å²) in [6.07, 6.45) is -0.159. The molecule has 1 heterocycles. The Kier molecular flexibility index (Phi) is 5.89. The number of carbonyl (C=O) groups is 2. The molecule has 1 aromatic carbocycles. The van der Waals surface area contributed by atoms with Gasteiger partial charge in [0.25, 0.3) is 11.5 Å². The van der Waals surface area contributed by atoms with Gasteiger partial charge in [0.2, 0.25) is 0 Å². The van der Waals surface area contributed by atoms with Crippen LogP contribution in [0.1, 0.15) is 20.3 Å². The molecule has 24 heavy (non-hydrogen) atoms. The third-order valence-electron chi connectivity index (χ3n) is 3.35. The van der Waals surface area contributed by atoms with Gasteiger partial charge in [-0.05, 0) is 19.4 Å². The van der Waals surface area contributed by atoms with E-state index in [0.717, 1.165) is 5.39 Å². The first kappa shape index (κ1) is 17.5. The quantitative estimate of drug-likeness (QED) is 0.510. The molecule has 0 fully saturated rings. The summed E-state index contributed by atoms with van der Waals surface area (Å²) in [6.45, 7) is 3.77. The third kappa shape index (κ3) is 4.55. The van der Waals surface area contributed by atoms with E-state index in [4.69, 9.17) is 4.74 Å². The number of nitrogens with one attached hydrogen (secondary N) is 3. The lowest BCUT2D eigenvalue weighted by Gasteiger charge is -2.12. The molecule has 1 aromatic heterocycles. The molecule has 0 aliphatic heterocycles. The van der Waals surface area contributed by atoms with Crippen LogP contribution in [0.4, 0.5) is 5.82 Å². The molecule has 0 aliphatic rings. The monoisotopic (exact) mass is 332 g/mol. The molecular weight excluding hydrogens is 312 g/mol. The van der Waals surface area contributed by atoms with Crippen LogP contribution in [-0.2, 0) is 14.3 Å². The molecule has 128 valence electrons. The number of amides is 1. The molecular formula is C16H20N4O4. The highest BCUT2D eigenvalue weighted by molar-refractivity contribution is 5.90. The molecule has 1 amide bonds. The number of nitrogens with zero attached hydrogens (tertiary/aromatic N) is 1. The fraction of sp³-hybridized carbons (Fsp3) is 0.375. The van der Waals surface area contributed by atoms with Crippen molar-refractivity contribution in [2.75, 3.05) is 18.4 Å². The summed E-state index contributed by atoms with van der Waals surface area (Å²) in [5.41, 5.74) is -0.233. The van der Waals surface area contributed by atoms with Crippen molar-refractivity contribution in [1.82, 2.24) is 15.5 Å². The van der Waals surface area contributed by atoms with Gasteiger partial charge >= 0.3 is 5.97 Å². The van der Waals surface area contributed by atoms with Crippen LogP contribution < -0.4 is 16.2 Å². The van der Waals surface area contributed by atoms with E-state index >= 15 is 0 Å². The first-order valence-electron chi connectivity index (χ1n) is 7.65. The van der Waals surface area contributed by atoms with Crippen molar-refractivity contribution in [1.29, 1.82) is 0 Å². The van der Waals surface area contributed by atoms with E-state index in [-0.39, 0.29) is 11.5 Å². The van der Waals surface area contributed by atoms with Crippen molar-refractivity contribution < 1.29 is 14.3 Å². The highest BCUT2D eigenvalue weighted by Gasteiger charge is 2.14. The van der Waals surface area contributed by atoms with Crippen molar-refractivity contribution >= 4 is 28.5 Å². The lowest BCUT2D eigenvalue weighted by molar-refractivity contribution is -0.152.